The number of nitrogens with zero attached hydrogens (tertiary/aromatic N) is 2. The van der Waals surface area contributed by atoms with Crippen molar-refractivity contribution < 1.29 is 18.1 Å². The SMILES string of the molecule is O=C1C=C(c2ccc(OC3CCCN(c4ccc(F)cn4)C3)cc2)S(=O)N1. The maximum absolute atomic E-state index is 13.1. The summed E-state index contributed by atoms with van der Waals surface area (Å²) in [7, 11) is -1.50. The predicted octanol–water partition coefficient (Wildman–Crippen LogP) is 2.40. The van der Waals surface area contributed by atoms with Gasteiger partial charge in [0.2, 0.25) is 0 Å². The number of rotatable bonds is 4. The first-order valence-corrected chi connectivity index (χ1v) is 9.81. The molecule has 2 aromatic rings. The molecule has 0 spiro atoms. The van der Waals surface area contributed by atoms with Crippen LogP contribution in [0.4, 0.5) is 10.2 Å². The van der Waals surface area contributed by atoms with E-state index in [9.17, 15) is 13.4 Å². The molecule has 0 saturated carbocycles. The minimum Gasteiger partial charge on any atom is -0.489 e. The third-order valence-electron chi connectivity index (χ3n) is 4.51. The molecule has 1 fully saturated rings. The molecule has 1 saturated heterocycles. The number of anilines is 1. The summed E-state index contributed by atoms with van der Waals surface area (Å²) >= 11 is 0. The number of carbonyl (C=O) groups excluding carboxylic acids is 1. The van der Waals surface area contributed by atoms with Gasteiger partial charge < -0.3 is 9.64 Å². The summed E-state index contributed by atoms with van der Waals surface area (Å²) in [4.78, 5) is 18.0. The minimum atomic E-state index is -1.50. The van der Waals surface area contributed by atoms with Crippen molar-refractivity contribution in [3.05, 3.63) is 60.1 Å². The summed E-state index contributed by atoms with van der Waals surface area (Å²) in [6.45, 7) is 1.53. The van der Waals surface area contributed by atoms with Crippen LogP contribution in [0, 0.1) is 5.82 Å². The molecule has 2 unspecified atom stereocenters. The summed E-state index contributed by atoms with van der Waals surface area (Å²) in [5, 5.41) is 0. The van der Waals surface area contributed by atoms with E-state index in [1.54, 1.807) is 18.2 Å². The highest BCUT2D eigenvalue weighted by atomic mass is 32.2. The fourth-order valence-electron chi connectivity index (χ4n) is 3.23. The van der Waals surface area contributed by atoms with Gasteiger partial charge in [0.25, 0.3) is 5.91 Å². The van der Waals surface area contributed by atoms with Crippen molar-refractivity contribution in [1.29, 1.82) is 0 Å². The van der Waals surface area contributed by atoms with Crippen LogP contribution in [0.1, 0.15) is 18.4 Å². The van der Waals surface area contributed by atoms with E-state index in [-0.39, 0.29) is 17.8 Å². The second kappa shape index (κ2) is 7.48. The zero-order valence-corrected chi connectivity index (χ0v) is 15.2. The average Bonchev–Trinajstić information content (AvgIpc) is 3.01. The number of amides is 1. The summed E-state index contributed by atoms with van der Waals surface area (Å²) < 4.78 is 33.3. The Balaban J connectivity index is 1.41. The van der Waals surface area contributed by atoms with Gasteiger partial charge in [0.15, 0.2) is 11.0 Å². The largest absolute Gasteiger partial charge is 0.489 e. The highest BCUT2D eigenvalue weighted by molar-refractivity contribution is 7.93. The summed E-state index contributed by atoms with van der Waals surface area (Å²) in [5.41, 5.74) is 0.722. The number of hydrogen-bond acceptors (Lipinski definition) is 5. The van der Waals surface area contributed by atoms with E-state index in [4.69, 9.17) is 4.74 Å². The van der Waals surface area contributed by atoms with E-state index in [2.05, 4.69) is 14.6 Å². The number of halogens is 1. The molecule has 8 heteroatoms. The zero-order valence-electron chi connectivity index (χ0n) is 14.4. The molecule has 2 atom stereocenters. The second-order valence-corrected chi connectivity index (χ2v) is 7.61. The van der Waals surface area contributed by atoms with Crippen molar-refractivity contribution in [1.82, 2.24) is 9.71 Å². The van der Waals surface area contributed by atoms with Crippen LogP contribution in [-0.2, 0) is 15.8 Å². The third kappa shape index (κ3) is 4.00. The van der Waals surface area contributed by atoms with Gasteiger partial charge in [-0.3, -0.25) is 9.52 Å². The molecular formula is C19H18FN3O3S. The van der Waals surface area contributed by atoms with E-state index in [1.165, 1.54) is 18.3 Å². The minimum absolute atomic E-state index is 0.000439. The number of carbonyl (C=O) groups is 1. The Morgan fingerprint density at radius 1 is 1.22 bits per heavy atom. The van der Waals surface area contributed by atoms with Gasteiger partial charge in [0, 0.05) is 12.6 Å². The summed E-state index contributed by atoms with van der Waals surface area (Å²) in [6.07, 6.45) is 4.45. The Kier molecular flexibility index (Phi) is 4.89. The van der Waals surface area contributed by atoms with Crippen LogP contribution in [0.2, 0.25) is 0 Å². The van der Waals surface area contributed by atoms with Crippen molar-refractivity contribution in [3.8, 4) is 5.75 Å². The van der Waals surface area contributed by atoms with Crippen LogP contribution in [0.3, 0.4) is 0 Å². The number of aromatic nitrogens is 1. The highest BCUT2D eigenvalue weighted by Gasteiger charge is 2.23. The van der Waals surface area contributed by atoms with Crippen LogP contribution >= 0.6 is 0 Å². The van der Waals surface area contributed by atoms with Crippen LogP contribution in [0.25, 0.3) is 4.91 Å². The molecule has 0 bridgehead atoms. The van der Waals surface area contributed by atoms with Crippen molar-refractivity contribution in [2.24, 2.45) is 0 Å². The molecule has 2 aliphatic heterocycles. The molecule has 4 rings (SSSR count). The number of hydrogen-bond donors (Lipinski definition) is 1. The van der Waals surface area contributed by atoms with Crippen LogP contribution in [-0.4, -0.2) is 34.3 Å². The van der Waals surface area contributed by atoms with Crippen LogP contribution in [0.5, 0.6) is 5.75 Å². The van der Waals surface area contributed by atoms with E-state index in [1.807, 2.05) is 12.1 Å². The molecule has 27 heavy (non-hydrogen) atoms. The Morgan fingerprint density at radius 2 is 2.04 bits per heavy atom. The molecular weight excluding hydrogens is 369 g/mol. The standard InChI is InChI=1S/C19H18FN3O3S/c20-14-5-8-18(21-11-14)23-9-1-2-16(12-23)26-15-6-3-13(4-7-15)17-10-19(24)22-27(17)25/h3-8,10-11,16H,1-2,9,12H2,(H,22,24). The van der Waals surface area contributed by atoms with Gasteiger partial charge in [-0.25, -0.2) is 13.6 Å². The molecule has 1 N–H and O–H groups in total. The molecule has 1 aromatic carbocycles. The number of ether oxygens (including phenoxy) is 1. The average molecular weight is 387 g/mol. The van der Waals surface area contributed by atoms with Gasteiger partial charge in [-0.15, -0.1) is 0 Å². The van der Waals surface area contributed by atoms with Crippen molar-refractivity contribution in [3.63, 3.8) is 0 Å². The third-order valence-corrected chi connectivity index (χ3v) is 5.65. The van der Waals surface area contributed by atoms with E-state index in [0.717, 1.165) is 30.8 Å². The lowest BCUT2D eigenvalue weighted by Gasteiger charge is -2.33. The molecule has 2 aliphatic rings. The van der Waals surface area contributed by atoms with E-state index >= 15 is 0 Å². The zero-order chi connectivity index (χ0) is 18.8. The van der Waals surface area contributed by atoms with Crippen molar-refractivity contribution in [2.75, 3.05) is 18.0 Å². The number of benzene rings is 1. The van der Waals surface area contributed by atoms with Gasteiger partial charge in [-0.2, -0.15) is 0 Å². The van der Waals surface area contributed by atoms with Crippen molar-refractivity contribution in [2.45, 2.75) is 18.9 Å². The predicted molar refractivity (Wildman–Crippen MR) is 101 cm³/mol. The maximum atomic E-state index is 13.1. The highest BCUT2D eigenvalue weighted by Crippen LogP contribution is 2.26. The topological polar surface area (TPSA) is 71.5 Å². The van der Waals surface area contributed by atoms with Gasteiger partial charge in [-0.1, -0.05) is 12.1 Å². The summed E-state index contributed by atoms with van der Waals surface area (Å²) in [5.74, 6) is 0.758. The van der Waals surface area contributed by atoms with Gasteiger partial charge in [0.1, 0.15) is 23.5 Å². The van der Waals surface area contributed by atoms with Crippen LogP contribution in [0.15, 0.2) is 48.7 Å². The lowest BCUT2D eigenvalue weighted by atomic mass is 10.1. The van der Waals surface area contributed by atoms with Crippen LogP contribution < -0.4 is 14.4 Å². The number of piperidine rings is 1. The van der Waals surface area contributed by atoms with E-state index < -0.39 is 11.0 Å². The fraction of sp³-hybridized carbons (Fsp3) is 0.263. The monoisotopic (exact) mass is 387 g/mol. The van der Waals surface area contributed by atoms with Gasteiger partial charge in [0.05, 0.1) is 17.6 Å². The van der Waals surface area contributed by atoms with E-state index in [0.29, 0.717) is 17.2 Å². The Labute approximate surface area is 158 Å². The molecule has 3 heterocycles. The molecule has 140 valence electrons. The fourth-order valence-corrected chi connectivity index (χ4v) is 4.14. The molecule has 1 amide bonds. The number of nitrogens with one attached hydrogen (secondary N) is 1. The Morgan fingerprint density at radius 3 is 2.70 bits per heavy atom. The second-order valence-electron chi connectivity index (χ2n) is 6.43. The molecule has 0 aliphatic carbocycles. The normalized spacial score (nSPS) is 22.3. The Bertz CT molecular complexity index is 899. The summed E-state index contributed by atoms with van der Waals surface area (Å²) in [6, 6.07) is 10.3. The lowest BCUT2D eigenvalue weighted by Crippen LogP contribution is -2.41. The Hall–Kier alpha value is -2.74. The quantitative estimate of drug-likeness (QED) is 0.872. The molecule has 0 radical (unpaired) electrons. The first kappa shape index (κ1) is 17.7. The van der Waals surface area contributed by atoms with Gasteiger partial charge >= 0.3 is 0 Å². The first-order valence-electron chi connectivity index (χ1n) is 8.66. The van der Waals surface area contributed by atoms with Gasteiger partial charge in [-0.05, 0) is 42.7 Å². The maximum Gasteiger partial charge on any atom is 0.257 e. The molecule has 6 nitrogen and oxygen atoms in total. The van der Waals surface area contributed by atoms with Crippen molar-refractivity contribution >= 4 is 27.6 Å². The smallest absolute Gasteiger partial charge is 0.257 e. The lowest BCUT2D eigenvalue weighted by molar-refractivity contribution is -0.114. The first-order chi connectivity index (χ1) is 13.1. The number of pyridine rings is 1. The molecule has 1 aromatic heterocycles.